The summed E-state index contributed by atoms with van der Waals surface area (Å²) in [6, 6.07) is 9.84. The number of anilines is 1. The third-order valence-corrected chi connectivity index (χ3v) is 8.24. The fraction of sp³-hybridized carbons (Fsp3) is 0.409. The van der Waals surface area contributed by atoms with Crippen LogP contribution < -0.4 is 14.4 Å². The molecule has 1 N–H and O–H groups in total. The van der Waals surface area contributed by atoms with Gasteiger partial charge >= 0.3 is 0 Å². The zero-order chi connectivity index (χ0) is 25.7. The lowest BCUT2D eigenvalue weighted by atomic mass is 10.1. The molecule has 0 spiro atoms. The summed E-state index contributed by atoms with van der Waals surface area (Å²) in [6.45, 7) is 3.70. The van der Waals surface area contributed by atoms with Crippen LogP contribution in [0.3, 0.4) is 0 Å². The lowest BCUT2D eigenvalue weighted by molar-refractivity contribution is -0.122. The number of carbonyl (C=O) groups excluding carboxylic acids is 1. The molecule has 1 amide bonds. The molecule has 0 bridgehead atoms. The topological polar surface area (TPSA) is 113 Å². The number of aryl methyl sites for hydroxylation is 1. The van der Waals surface area contributed by atoms with E-state index in [1.165, 1.54) is 44.4 Å². The minimum Gasteiger partial charge on any atom is -0.492 e. The van der Waals surface area contributed by atoms with E-state index in [1.807, 2.05) is 0 Å². The van der Waals surface area contributed by atoms with Crippen LogP contribution in [0.5, 0.6) is 5.75 Å². The van der Waals surface area contributed by atoms with E-state index in [0.717, 1.165) is 14.9 Å². The van der Waals surface area contributed by atoms with Gasteiger partial charge in [0.2, 0.25) is 26.0 Å². The number of ether oxygens (including phenoxy) is 1. The van der Waals surface area contributed by atoms with E-state index in [-0.39, 0.29) is 24.5 Å². The summed E-state index contributed by atoms with van der Waals surface area (Å²) in [5, 5.41) is 3.07. The highest BCUT2D eigenvalue weighted by molar-refractivity contribution is 7.92. The number of sulfonamides is 2. The SMILES string of the molecule is CCC(C(=O)NCCOc1ccc(S(=O)(=O)N(C)C)cc1)N(c1cc(Cl)ccc1C)S(C)(=O)=O. The standard InChI is InChI=1S/C22H30ClN3O6S2/c1-6-20(26(33(5,28)29)21-15-17(23)8-7-16(21)2)22(27)24-13-14-32-18-9-11-19(12-10-18)34(30,31)25(3)4/h7-12,15,20H,6,13-14H2,1-5H3,(H,24,27). The summed E-state index contributed by atoms with van der Waals surface area (Å²) in [7, 11) is -4.41. The van der Waals surface area contributed by atoms with Gasteiger partial charge in [-0.05, 0) is 55.3 Å². The van der Waals surface area contributed by atoms with Gasteiger partial charge in [0.15, 0.2) is 0 Å². The van der Waals surface area contributed by atoms with Crippen molar-refractivity contribution in [2.75, 3.05) is 37.8 Å². The van der Waals surface area contributed by atoms with Gasteiger partial charge < -0.3 is 10.1 Å². The molecule has 12 heteroatoms. The third kappa shape index (κ3) is 6.84. The molecular weight excluding hydrogens is 502 g/mol. The lowest BCUT2D eigenvalue weighted by Gasteiger charge is -2.31. The molecule has 0 aliphatic rings. The van der Waals surface area contributed by atoms with Gasteiger partial charge in [-0.15, -0.1) is 0 Å². The van der Waals surface area contributed by atoms with Gasteiger partial charge in [0, 0.05) is 19.1 Å². The van der Waals surface area contributed by atoms with Crippen molar-refractivity contribution in [2.45, 2.75) is 31.2 Å². The molecule has 0 radical (unpaired) electrons. The minimum atomic E-state index is -3.78. The van der Waals surface area contributed by atoms with Gasteiger partial charge in [-0.3, -0.25) is 9.10 Å². The van der Waals surface area contributed by atoms with E-state index < -0.39 is 32.0 Å². The van der Waals surface area contributed by atoms with Crippen molar-refractivity contribution in [1.82, 2.24) is 9.62 Å². The average Bonchev–Trinajstić information content (AvgIpc) is 2.76. The first-order valence-electron chi connectivity index (χ1n) is 10.5. The second kappa shape index (κ2) is 11.4. The van der Waals surface area contributed by atoms with E-state index >= 15 is 0 Å². The van der Waals surface area contributed by atoms with Crippen LogP contribution in [-0.4, -0.2) is 66.6 Å². The molecule has 2 rings (SSSR count). The van der Waals surface area contributed by atoms with Crippen LogP contribution in [0, 0.1) is 6.92 Å². The van der Waals surface area contributed by atoms with Crippen LogP contribution in [0.1, 0.15) is 18.9 Å². The molecule has 0 aliphatic heterocycles. The highest BCUT2D eigenvalue weighted by Gasteiger charge is 2.32. The predicted molar refractivity (Wildman–Crippen MR) is 133 cm³/mol. The van der Waals surface area contributed by atoms with Crippen LogP contribution in [0.25, 0.3) is 0 Å². The lowest BCUT2D eigenvalue weighted by Crippen LogP contribution is -2.50. The van der Waals surface area contributed by atoms with Crippen molar-refractivity contribution in [3.05, 3.63) is 53.1 Å². The van der Waals surface area contributed by atoms with Gasteiger partial charge in [-0.2, -0.15) is 0 Å². The second-order valence-electron chi connectivity index (χ2n) is 7.81. The molecule has 0 aliphatic carbocycles. The number of rotatable bonds is 11. The molecule has 9 nitrogen and oxygen atoms in total. The van der Waals surface area contributed by atoms with Gasteiger partial charge in [0.05, 0.1) is 23.4 Å². The maximum absolute atomic E-state index is 12.9. The number of carbonyl (C=O) groups is 1. The van der Waals surface area contributed by atoms with Gasteiger partial charge in [-0.1, -0.05) is 24.6 Å². The summed E-state index contributed by atoms with van der Waals surface area (Å²) in [6.07, 6.45) is 1.29. The molecule has 0 aromatic heterocycles. The molecule has 0 fully saturated rings. The van der Waals surface area contributed by atoms with Gasteiger partial charge in [0.1, 0.15) is 18.4 Å². The number of hydrogen-bond donors (Lipinski definition) is 1. The van der Waals surface area contributed by atoms with E-state index in [0.29, 0.717) is 22.0 Å². The molecule has 34 heavy (non-hydrogen) atoms. The first-order chi connectivity index (χ1) is 15.8. The Morgan fingerprint density at radius 2 is 1.71 bits per heavy atom. The highest BCUT2D eigenvalue weighted by atomic mass is 35.5. The number of nitrogens with one attached hydrogen (secondary N) is 1. The molecule has 188 valence electrons. The number of nitrogens with zero attached hydrogens (tertiary/aromatic N) is 2. The first-order valence-corrected chi connectivity index (χ1v) is 14.1. The Labute approximate surface area is 206 Å². The van der Waals surface area contributed by atoms with Crippen LogP contribution in [-0.2, 0) is 24.8 Å². The fourth-order valence-corrected chi connectivity index (χ4v) is 5.56. The normalized spacial score (nSPS) is 12.9. The minimum absolute atomic E-state index is 0.108. The molecule has 1 unspecified atom stereocenters. The molecular formula is C22H30ClN3O6S2. The maximum atomic E-state index is 12.9. The third-order valence-electron chi connectivity index (χ3n) is 5.01. The van der Waals surface area contributed by atoms with Crippen molar-refractivity contribution in [3.63, 3.8) is 0 Å². The Morgan fingerprint density at radius 1 is 1.09 bits per heavy atom. The molecule has 0 saturated heterocycles. The summed E-state index contributed by atoms with van der Waals surface area (Å²) < 4.78 is 57.2. The second-order valence-corrected chi connectivity index (χ2v) is 12.3. The highest BCUT2D eigenvalue weighted by Crippen LogP contribution is 2.29. The Hall–Kier alpha value is -2.34. The predicted octanol–water partition coefficient (Wildman–Crippen LogP) is 2.64. The first kappa shape index (κ1) is 27.9. The zero-order valence-electron chi connectivity index (χ0n) is 19.8. The van der Waals surface area contributed by atoms with Crippen LogP contribution in [0.4, 0.5) is 5.69 Å². The smallest absolute Gasteiger partial charge is 0.244 e. The molecule has 1 atom stereocenters. The number of halogens is 1. The Morgan fingerprint density at radius 3 is 2.24 bits per heavy atom. The average molecular weight is 532 g/mol. The number of benzene rings is 2. The largest absolute Gasteiger partial charge is 0.492 e. The van der Waals surface area contributed by atoms with Crippen LogP contribution >= 0.6 is 11.6 Å². The number of amides is 1. The fourth-order valence-electron chi connectivity index (χ4n) is 3.23. The molecule has 2 aromatic rings. The zero-order valence-corrected chi connectivity index (χ0v) is 22.2. The summed E-state index contributed by atoms with van der Waals surface area (Å²) in [5.74, 6) is -0.0327. The van der Waals surface area contributed by atoms with E-state index in [9.17, 15) is 21.6 Å². The monoisotopic (exact) mass is 531 g/mol. The Kier molecular flexibility index (Phi) is 9.35. The number of hydrogen-bond acceptors (Lipinski definition) is 6. The summed E-state index contributed by atoms with van der Waals surface area (Å²) in [5.41, 5.74) is 1.02. The Balaban J connectivity index is 2.05. The van der Waals surface area contributed by atoms with Gasteiger partial charge in [-0.25, -0.2) is 21.1 Å². The van der Waals surface area contributed by atoms with E-state index in [4.69, 9.17) is 16.3 Å². The van der Waals surface area contributed by atoms with E-state index in [2.05, 4.69) is 5.32 Å². The summed E-state index contributed by atoms with van der Waals surface area (Å²) in [4.78, 5) is 13.0. The molecule has 0 saturated carbocycles. The quantitative estimate of drug-likeness (QED) is 0.446. The van der Waals surface area contributed by atoms with Crippen molar-refractivity contribution in [3.8, 4) is 5.75 Å². The van der Waals surface area contributed by atoms with Crippen molar-refractivity contribution < 1.29 is 26.4 Å². The Bertz CT molecular complexity index is 1220. The molecule has 2 aromatic carbocycles. The maximum Gasteiger partial charge on any atom is 0.244 e. The van der Waals surface area contributed by atoms with Crippen LogP contribution in [0.2, 0.25) is 5.02 Å². The van der Waals surface area contributed by atoms with Crippen molar-refractivity contribution in [2.24, 2.45) is 0 Å². The van der Waals surface area contributed by atoms with E-state index in [1.54, 1.807) is 26.0 Å². The van der Waals surface area contributed by atoms with Crippen LogP contribution in [0.15, 0.2) is 47.4 Å². The van der Waals surface area contributed by atoms with Crippen molar-refractivity contribution in [1.29, 1.82) is 0 Å². The van der Waals surface area contributed by atoms with Gasteiger partial charge in [0.25, 0.3) is 0 Å². The van der Waals surface area contributed by atoms with Crippen molar-refractivity contribution >= 4 is 43.2 Å². The summed E-state index contributed by atoms with van der Waals surface area (Å²) >= 11 is 6.07. The molecule has 0 heterocycles.